The number of aliphatic hydroxyl groups is 2. The third kappa shape index (κ3) is 4.42. The van der Waals surface area contributed by atoms with E-state index in [0.717, 1.165) is 0 Å². The molecule has 4 saturated carbocycles. The lowest BCUT2D eigenvalue weighted by atomic mass is 9.33. The summed E-state index contributed by atoms with van der Waals surface area (Å²) in [6.07, 6.45) is -5.50. The molecule has 314 valence electrons. The van der Waals surface area contributed by atoms with E-state index in [2.05, 4.69) is 0 Å². The van der Waals surface area contributed by atoms with Crippen molar-refractivity contribution in [2.24, 2.45) is 28.1 Å². The van der Waals surface area contributed by atoms with Gasteiger partial charge in [0.1, 0.15) is 23.4 Å². The Morgan fingerprint density at radius 1 is 0.912 bits per heavy atom. The van der Waals surface area contributed by atoms with Crippen LogP contribution in [-0.2, 0) is 66.6 Å². The Hall–Kier alpha value is -3.61. The summed E-state index contributed by atoms with van der Waals surface area (Å²) >= 11 is 0. The number of furan rings is 1. The highest BCUT2D eigenvalue weighted by Crippen LogP contribution is 2.89. The minimum Gasteiger partial charge on any atom is -0.472 e. The van der Waals surface area contributed by atoms with Gasteiger partial charge in [-0.3, -0.25) is 19.2 Å². The fraction of sp³-hybridized carbons (Fsp3) is 0.775. The molecule has 17 nitrogen and oxygen atoms in total. The van der Waals surface area contributed by atoms with Gasteiger partial charge in [-0.25, -0.2) is 4.79 Å². The van der Waals surface area contributed by atoms with Crippen LogP contribution in [0.2, 0.25) is 0 Å². The van der Waals surface area contributed by atoms with Gasteiger partial charge in [0.15, 0.2) is 22.9 Å². The maximum atomic E-state index is 14.2. The first-order valence-corrected chi connectivity index (χ1v) is 19.4. The Morgan fingerprint density at radius 2 is 1.54 bits per heavy atom. The van der Waals surface area contributed by atoms with Crippen LogP contribution in [0.25, 0.3) is 0 Å². The van der Waals surface area contributed by atoms with Crippen LogP contribution < -0.4 is 0 Å². The minimum atomic E-state index is -2.53. The number of rotatable bonds is 11. The Labute approximate surface area is 329 Å². The molecule has 57 heavy (non-hydrogen) atoms. The van der Waals surface area contributed by atoms with E-state index in [1.54, 1.807) is 47.6 Å². The third-order valence-corrected chi connectivity index (χ3v) is 15.5. The number of hydrogen-bond acceptors (Lipinski definition) is 17. The van der Waals surface area contributed by atoms with Crippen LogP contribution in [-0.4, -0.2) is 113 Å². The zero-order valence-corrected chi connectivity index (χ0v) is 33.8. The highest BCUT2D eigenvalue weighted by atomic mass is 16.9. The van der Waals surface area contributed by atoms with Crippen LogP contribution in [0.3, 0.4) is 0 Å². The molecule has 4 heterocycles. The van der Waals surface area contributed by atoms with Crippen LogP contribution in [0.15, 0.2) is 23.0 Å². The Balaban J connectivity index is 1.48. The molecule has 3 saturated heterocycles. The van der Waals surface area contributed by atoms with Crippen molar-refractivity contribution in [3.05, 3.63) is 24.2 Å². The van der Waals surface area contributed by atoms with Crippen LogP contribution in [0.4, 0.5) is 0 Å². The lowest BCUT2D eigenvalue weighted by Crippen LogP contribution is -2.95. The minimum absolute atomic E-state index is 0.0865. The summed E-state index contributed by atoms with van der Waals surface area (Å²) in [5.41, 5.74) is -14.4. The smallest absolute Gasteiger partial charge is 0.341 e. The van der Waals surface area contributed by atoms with Gasteiger partial charge in [-0.05, 0) is 38.7 Å². The first-order chi connectivity index (χ1) is 26.5. The SMILES string of the molecule is CCC(=O)O[C@@H]1[C@@]2(O)[C@@H](OC(=O)[C@@]3(C)O[C@@H]3C)[C@]3(C)C[C@]24OC2(C)O[C@]15[C@H](CC(=O)OC)[C@](C)([C@@H](OC(C)=O)c1ccoc1)C[C@@H](O)[C@]5(O2)[C@]4(C)[C@H]3CC(=O)OC. The van der Waals surface area contributed by atoms with Crippen LogP contribution in [0, 0.1) is 28.1 Å². The topological polar surface area (TPSA) is 225 Å². The third-order valence-electron chi connectivity index (χ3n) is 15.5. The molecule has 1 aromatic heterocycles. The number of carbonyl (C=O) groups excluding carboxylic acids is 5. The van der Waals surface area contributed by atoms with Gasteiger partial charge >= 0.3 is 29.8 Å². The van der Waals surface area contributed by atoms with Gasteiger partial charge in [0.05, 0.1) is 45.4 Å². The molecule has 1 aromatic rings. The quantitative estimate of drug-likeness (QED) is 0.186. The van der Waals surface area contributed by atoms with Crippen molar-refractivity contribution >= 4 is 29.8 Å². The van der Waals surface area contributed by atoms with Gasteiger partial charge in [-0.15, -0.1) is 0 Å². The predicted molar refractivity (Wildman–Crippen MR) is 187 cm³/mol. The number of aliphatic hydroxyl groups excluding tert-OH is 1. The summed E-state index contributed by atoms with van der Waals surface area (Å²) in [5, 5.41) is 27.3. The molecule has 1 unspecified atom stereocenters. The van der Waals surface area contributed by atoms with E-state index in [9.17, 15) is 34.2 Å². The Morgan fingerprint density at radius 3 is 2.09 bits per heavy atom. The van der Waals surface area contributed by atoms with Gasteiger partial charge in [-0.1, -0.05) is 27.7 Å². The molecule has 0 radical (unpaired) electrons. The number of hydrogen-bond donors (Lipinski definition) is 2. The summed E-state index contributed by atoms with van der Waals surface area (Å²) in [4.78, 5) is 68.5. The fourth-order valence-electron chi connectivity index (χ4n) is 13.2. The number of epoxide rings is 1. The molecule has 7 fully saturated rings. The lowest BCUT2D eigenvalue weighted by Gasteiger charge is -2.77. The first kappa shape index (κ1) is 40.2. The maximum Gasteiger partial charge on any atom is 0.341 e. The van der Waals surface area contributed by atoms with E-state index in [1.807, 2.05) is 0 Å². The standard InChI is InChI=1S/C40H52O17/c1-11-25(43)52-30-38(47)29(53-31(46)34(6)19(2)54-34)33(5)18-37(38)35(7,22(33)14-26(44)48-9)40-24(42)16-32(4,28(51-20(3)41)21-12-13-50-17-21)23(15-27(45)49-10)39(30,40)56-36(8,55-37)57-40/h12-13,17,19,22-24,28-30,42,47H,11,14-16,18H2,1-10H3/t19-,22+,23-,24-,28+,29+,30-,32-,33-,34+,35-,36?,37-,38+,39-,40+/m1/s1. The van der Waals surface area contributed by atoms with E-state index >= 15 is 0 Å². The molecule has 2 spiro atoms. The van der Waals surface area contributed by atoms with Crippen molar-refractivity contribution in [2.45, 2.75) is 152 Å². The molecular formula is C40H52O17. The molecule has 0 aromatic carbocycles. The summed E-state index contributed by atoms with van der Waals surface area (Å²) in [5.74, 6) is -8.14. The normalized spacial score (nSPS) is 49.8. The average Bonchev–Trinajstić information content (AvgIpc) is 3.47. The van der Waals surface area contributed by atoms with E-state index in [-0.39, 0.29) is 25.7 Å². The van der Waals surface area contributed by atoms with Crippen molar-refractivity contribution in [2.75, 3.05) is 14.2 Å². The fourth-order valence-corrected chi connectivity index (χ4v) is 13.2. The number of esters is 5. The highest BCUT2D eigenvalue weighted by Gasteiger charge is 3.05. The molecular weight excluding hydrogens is 752 g/mol. The molecule has 4 bridgehead atoms. The van der Waals surface area contributed by atoms with E-state index in [0.29, 0.717) is 5.56 Å². The number of fused-ring (bicyclic) bond motifs is 2. The molecule has 7 aliphatic rings. The largest absolute Gasteiger partial charge is 0.472 e. The van der Waals surface area contributed by atoms with Crippen molar-refractivity contribution < 1.29 is 81.2 Å². The molecule has 2 N–H and O–H groups in total. The second-order valence-electron chi connectivity index (χ2n) is 18.0. The van der Waals surface area contributed by atoms with Gasteiger partial charge in [0.25, 0.3) is 5.97 Å². The zero-order valence-electron chi connectivity index (χ0n) is 33.8. The number of carbonyl (C=O) groups is 5. The first-order valence-electron chi connectivity index (χ1n) is 19.4. The van der Waals surface area contributed by atoms with Crippen molar-refractivity contribution in [3.63, 3.8) is 0 Å². The molecule has 4 aliphatic carbocycles. The van der Waals surface area contributed by atoms with Gasteiger partial charge < -0.3 is 57.3 Å². The van der Waals surface area contributed by atoms with Crippen molar-refractivity contribution in [1.29, 1.82) is 0 Å². The monoisotopic (exact) mass is 804 g/mol. The number of methoxy groups -OCH3 is 2. The molecule has 3 aliphatic heterocycles. The van der Waals surface area contributed by atoms with E-state index < -0.39 is 129 Å². The molecule has 16 atom stereocenters. The Bertz CT molecular complexity index is 1920. The predicted octanol–water partition coefficient (Wildman–Crippen LogP) is 2.57. The lowest BCUT2D eigenvalue weighted by molar-refractivity contribution is -0.487. The summed E-state index contributed by atoms with van der Waals surface area (Å²) in [6.45, 7) is 12.6. The van der Waals surface area contributed by atoms with Gasteiger partial charge in [0, 0.05) is 54.4 Å². The second-order valence-corrected chi connectivity index (χ2v) is 18.0. The summed E-state index contributed by atoms with van der Waals surface area (Å²) < 4.78 is 61.7. The van der Waals surface area contributed by atoms with Crippen LogP contribution >= 0.6 is 0 Å². The number of ether oxygens (including phenoxy) is 9. The van der Waals surface area contributed by atoms with Crippen LogP contribution in [0.5, 0.6) is 0 Å². The molecule has 8 rings (SSSR count). The molecule has 17 heteroatoms. The zero-order chi connectivity index (χ0) is 41.7. The van der Waals surface area contributed by atoms with E-state index in [4.69, 9.17) is 47.0 Å². The summed E-state index contributed by atoms with van der Waals surface area (Å²) in [7, 11) is 2.42. The van der Waals surface area contributed by atoms with Crippen molar-refractivity contribution in [3.8, 4) is 0 Å². The van der Waals surface area contributed by atoms with Gasteiger partial charge in [-0.2, -0.15) is 0 Å². The maximum absolute atomic E-state index is 14.2. The Kier molecular flexibility index (Phi) is 8.46. The second kappa shape index (κ2) is 12.0. The van der Waals surface area contributed by atoms with E-state index in [1.165, 1.54) is 40.6 Å². The van der Waals surface area contributed by atoms with Gasteiger partial charge in [0.2, 0.25) is 0 Å². The summed E-state index contributed by atoms with van der Waals surface area (Å²) in [6, 6.07) is 1.57. The highest BCUT2D eigenvalue weighted by molar-refractivity contribution is 5.83. The molecule has 0 amide bonds. The average molecular weight is 805 g/mol. The van der Waals surface area contributed by atoms with Crippen LogP contribution in [0.1, 0.15) is 99.2 Å². The van der Waals surface area contributed by atoms with Crippen molar-refractivity contribution in [1.82, 2.24) is 0 Å².